The summed E-state index contributed by atoms with van der Waals surface area (Å²) >= 11 is 1.33. The van der Waals surface area contributed by atoms with Gasteiger partial charge >= 0.3 is 0 Å². The quantitative estimate of drug-likeness (QED) is 0.437. The Morgan fingerprint density at radius 1 is 1.16 bits per heavy atom. The predicted octanol–water partition coefficient (Wildman–Crippen LogP) is 4.73. The van der Waals surface area contributed by atoms with Gasteiger partial charge in [-0.3, -0.25) is 4.79 Å². The number of thiazole rings is 1. The molecule has 4 rings (SSSR count). The van der Waals surface area contributed by atoms with Gasteiger partial charge in [0.1, 0.15) is 15.7 Å². The molecule has 6 nitrogen and oxygen atoms in total. The molecule has 160 valence electrons. The second kappa shape index (κ2) is 8.77. The van der Waals surface area contributed by atoms with Crippen LogP contribution in [0.2, 0.25) is 0 Å². The number of carbonyl (C=O) groups is 1. The summed E-state index contributed by atoms with van der Waals surface area (Å²) in [5, 5.41) is 4.51. The smallest absolute Gasteiger partial charge is 0.263 e. The maximum atomic E-state index is 13.5. The molecule has 0 aliphatic carbocycles. The second-order valence-electron chi connectivity index (χ2n) is 7.01. The number of methoxy groups -OCH3 is 2. The Labute approximate surface area is 183 Å². The third-order valence-electron chi connectivity index (χ3n) is 5.04. The van der Waals surface area contributed by atoms with Crippen molar-refractivity contribution >= 4 is 28.1 Å². The Balaban J connectivity index is 1.46. The summed E-state index contributed by atoms with van der Waals surface area (Å²) in [4.78, 5) is 21.0. The minimum Gasteiger partial charge on any atom is -0.493 e. The monoisotopic (exact) mass is 439 g/mol. The maximum absolute atomic E-state index is 13.5. The molecule has 1 amide bonds. The number of ether oxygens (including phenoxy) is 2. The molecule has 0 saturated heterocycles. The van der Waals surface area contributed by atoms with E-state index in [1.807, 2.05) is 31.3 Å². The molecule has 0 spiro atoms. The molecule has 8 heteroatoms. The van der Waals surface area contributed by atoms with Crippen molar-refractivity contribution in [2.45, 2.75) is 13.3 Å². The number of hydrogen-bond donors (Lipinski definition) is 2. The zero-order chi connectivity index (χ0) is 22.0. The Bertz CT molecular complexity index is 1250. The van der Waals surface area contributed by atoms with Crippen LogP contribution in [-0.4, -0.2) is 36.6 Å². The highest BCUT2D eigenvalue weighted by Gasteiger charge is 2.17. The van der Waals surface area contributed by atoms with E-state index in [4.69, 9.17) is 9.47 Å². The molecule has 2 aromatic carbocycles. The number of benzene rings is 2. The van der Waals surface area contributed by atoms with Crippen LogP contribution in [0, 0.1) is 12.7 Å². The molecule has 0 aliphatic heterocycles. The molecule has 0 radical (unpaired) electrons. The van der Waals surface area contributed by atoms with Crippen LogP contribution < -0.4 is 14.8 Å². The molecular weight excluding hydrogens is 417 g/mol. The van der Waals surface area contributed by atoms with Crippen LogP contribution in [0.25, 0.3) is 21.5 Å². The van der Waals surface area contributed by atoms with Crippen LogP contribution in [-0.2, 0) is 6.42 Å². The number of nitrogens with zero attached hydrogens (tertiary/aromatic N) is 1. The third kappa shape index (κ3) is 4.25. The summed E-state index contributed by atoms with van der Waals surface area (Å²) in [5.41, 5.74) is 3.36. The van der Waals surface area contributed by atoms with E-state index >= 15 is 0 Å². The van der Waals surface area contributed by atoms with Gasteiger partial charge < -0.3 is 19.8 Å². The molecule has 2 aromatic heterocycles. The molecule has 0 saturated carbocycles. The summed E-state index contributed by atoms with van der Waals surface area (Å²) in [6.45, 7) is 2.25. The number of amides is 1. The van der Waals surface area contributed by atoms with Crippen LogP contribution >= 0.6 is 11.3 Å². The van der Waals surface area contributed by atoms with E-state index in [1.165, 1.54) is 23.5 Å². The van der Waals surface area contributed by atoms with E-state index in [9.17, 15) is 9.18 Å². The lowest BCUT2D eigenvalue weighted by Crippen LogP contribution is -2.25. The van der Waals surface area contributed by atoms with Gasteiger partial charge in [-0.1, -0.05) is 0 Å². The molecule has 4 aromatic rings. The van der Waals surface area contributed by atoms with Crippen LogP contribution in [0.4, 0.5) is 4.39 Å². The van der Waals surface area contributed by atoms with E-state index in [0.29, 0.717) is 35.0 Å². The average molecular weight is 440 g/mol. The fraction of sp³-hybridized carbons (Fsp3) is 0.217. The predicted molar refractivity (Wildman–Crippen MR) is 120 cm³/mol. The standard InChI is InChI=1S/C23H22FN3O3S/c1-13-21(31-23(27-13)14-4-7-19(29-2)20(10-14)30-3)22(28)25-9-8-15-12-26-18-6-5-16(24)11-17(15)18/h4-7,10-12,26H,8-9H2,1-3H3,(H,25,28). The number of aryl methyl sites for hydroxylation is 1. The molecule has 2 N–H and O–H groups in total. The van der Waals surface area contributed by atoms with Crippen molar-refractivity contribution in [3.8, 4) is 22.1 Å². The van der Waals surface area contributed by atoms with Crippen molar-refractivity contribution < 1.29 is 18.7 Å². The van der Waals surface area contributed by atoms with E-state index in [2.05, 4.69) is 15.3 Å². The SMILES string of the molecule is COc1ccc(-c2nc(C)c(C(=O)NCCc3c[nH]c4ccc(F)cc34)s2)cc1OC. The van der Waals surface area contributed by atoms with Crippen molar-refractivity contribution in [1.82, 2.24) is 15.3 Å². The summed E-state index contributed by atoms with van der Waals surface area (Å²) in [7, 11) is 3.16. The van der Waals surface area contributed by atoms with Gasteiger partial charge in [0.15, 0.2) is 11.5 Å². The number of hydrogen-bond acceptors (Lipinski definition) is 5. The second-order valence-corrected chi connectivity index (χ2v) is 8.01. The fourth-order valence-electron chi connectivity index (χ4n) is 3.45. The molecule has 0 unspecified atom stereocenters. The zero-order valence-corrected chi connectivity index (χ0v) is 18.2. The van der Waals surface area contributed by atoms with Crippen molar-refractivity contribution in [2.75, 3.05) is 20.8 Å². The van der Waals surface area contributed by atoms with Crippen molar-refractivity contribution in [3.63, 3.8) is 0 Å². The van der Waals surface area contributed by atoms with Crippen molar-refractivity contribution in [3.05, 3.63) is 64.5 Å². The first-order valence-electron chi connectivity index (χ1n) is 9.73. The molecule has 31 heavy (non-hydrogen) atoms. The first-order chi connectivity index (χ1) is 15.0. The highest BCUT2D eigenvalue weighted by atomic mass is 32.1. The largest absolute Gasteiger partial charge is 0.493 e. The summed E-state index contributed by atoms with van der Waals surface area (Å²) < 4.78 is 24.2. The van der Waals surface area contributed by atoms with Gasteiger partial charge in [0, 0.05) is 29.2 Å². The molecule has 0 fully saturated rings. The molecule has 2 heterocycles. The number of halogens is 1. The van der Waals surface area contributed by atoms with Crippen LogP contribution in [0.1, 0.15) is 20.9 Å². The number of rotatable bonds is 7. The highest BCUT2D eigenvalue weighted by Crippen LogP contribution is 2.35. The topological polar surface area (TPSA) is 76.2 Å². The summed E-state index contributed by atoms with van der Waals surface area (Å²) in [6, 6.07) is 10.2. The van der Waals surface area contributed by atoms with Crippen LogP contribution in [0.15, 0.2) is 42.6 Å². The Morgan fingerprint density at radius 2 is 1.97 bits per heavy atom. The minimum atomic E-state index is -0.277. The van der Waals surface area contributed by atoms with E-state index in [0.717, 1.165) is 27.0 Å². The van der Waals surface area contributed by atoms with E-state index in [-0.39, 0.29) is 11.7 Å². The van der Waals surface area contributed by atoms with E-state index < -0.39 is 0 Å². The van der Waals surface area contributed by atoms with Gasteiger partial charge in [0.05, 0.1) is 19.9 Å². The third-order valence-corrected chi connectivity index (χ3v) is 6.25. The lowest BCUT2D eigenvalue weighted by Gasteiger charge is -2.08. The number of nitrogens with one attached hydrogen (secondary N) is 2. The van der Waals surface area contributed by atoms with Crippen LogP contribution in [0.5, 0.6) is 11.5 Å². The van der Waals surface area contributed by atoms with E-state index in [1.54, 1.807) is 20.3 Å². The van der Waals surface area contributed by atoms with Gasteiger partial charge in [-0.2, -0.15) is 0 Å². The number of H-pyrrole nitrogens is 1. The van der Waals surface area contributed by atoms with Gasteiger partial charge in [0.2, 0.25) is 0 Å². The van der Waals surface area contributed by atoms with Crippen molar-refractivity contribution in [1.29, 1.82) is 0 Å². The molecule has 0 atom stereocenters. The highest BCUT2D eigenvalue weighted by molar-refractivity contribution is 7.17. The molecule has 0 bridgehead atoms. The first kappa shape index (κ1) is 20.9. The maximum Gasteiger partial charge on any atom is 0.263 e. The summed E-state index contributed by atoms with van der Waals surface area (Å²) in [6.07, 6.45) is 2.44. The Kier molecular flexibility index (Phi) is 5.90. The van der Waals surface area contributed by atoms with Gasteiger partial charge in [-0.25, -0.2) is 9.37 Å². The average Bonchev–Trinajstić information content (AvgIpc) is 3.36. The normalized spacial score (nSPS) is 11.0. The minimum absolute atomic E-state index is 0.173. The number of aromatic nitrogens is 2. The lowest BCUT2D eigenvalue weighted by atomic mass is 10.1. The molecular formula is C23H22FN3O3S. The van der Waals surface area contributed by atoms with Crippen molar-refractivity contribution in [2.24, 2.45) is 0 Å². The Morgan fingerprint density at radius 3 is 2.74 bits per heavy atom. The fourth-order valence-corrected chi connectivity index (χ4v) is 4.43. The first-order valence-corrected chi connectivity index (χ1v) is 10.6. The van der Waals surface area contributed by atoms with Gasteiger partial charge in [-0.05, 0) is 55.3 Å². The molecule has 0 aliphatic rings. The Hall–Kier alpha value is -3.39. The lowest BCUT2D eigenvalue weighted by molar-refractivity contribution is 0.0957. The zero-order valence-electron chi connectivity index (χ0n) is 17.4. The number of aromatic amines is 1. The number of carbonyl (C=O) groups excluding carboxylic acids is 1. The summed E-state index contributed by atoms with van der Waals surface area (Å²) in [5.74, 6) is 0.789. The number of fused-ring (bicyclic) bond motifs is 1. The van der Waals surface area contributed by atoms with Gasteiger partial charge in [0.25, 0.3) is 5.91 Å². The van der Waals surface area contributed by atoms with Gasteiger partial charge in [-0.15, -0.1) is 11.3 Å². The van der Waals surface area contributed by atoms with Crippen LogP contribution in [0.3, 0.4) is 0 Å².